The predicted molar refractivity (Wildman–Crippen MR) is 106 cm³/mol. The van der Waals surface area contributed by atoms with E-state index in [1.165, 1.54) is 42.1 Å². The Morgan fingerprint density at radius 3 is 2.71 bits per heavy atom. The number of rotatable bonds is 2. The quantitative estimate of drug-likeness (QED) is 0.710. The Morgan fingerprint density at radius 1 is 1.21 bits per heavy atom. The Labute approximate surface area is 163 Å². The summed E-state index contributed by atoms with van der Waals surface area (Å²) in [5, 5.41) is 13.1. The third-order valence-corrected chi connectivity index (χ3v) is 6.25. The van der Waals surface area contributed by atoms with Crippen LogP contribution < -0.4 is 16.6 Å². The molecule has 1 N–H and O–H groups in total. The standard InChI is InChI=1S/C19H17N5O3S/c1-23-15-11(18(26)24(2)19(23)27)7-8-13(21-15)16(25)22-17-12(9-20)10-5-3-4-6-14(10)28-17/h7-8H,3-6H2,1-2H3,(H,22,25). The summed E-state index contributed by atoms with van der Waals surface area (Å²) >= 11 is 1.43. The minimum absolute atomic E-state index is 0.0750. The number of carbonyl (C=O) groups is 1. The summed E-state index contributed by atoms with van der Waals surface area (Å²) in [7, 11) is 2.90. The highest BCUT2D eigenvalue weighted by Gasteiger charge is 2.23. The van der Waals surface area contributed by atoms with Crippen molar-refractivity contribution in [1.29, 1.82) is 5.26 Å². The molecule has 0 atom stereocenters. The van der Waals surface area contributed by atoms with Crippen molar-refractivity contribution in [3.05, 3.63) is 54.7 Å². The van der Waals surface area contributed by atoms with Crippen molar-refractivity contribution < 1.29 is 4.79 Å². The van der Waals surface area contributed by atoms with Crippen LogP contribution in [0.4, 0.5) is 5.00 Å². The average molecular weight is 395 g/mol. The van der Waals surface area contributed by atoms with E-state index in [2.05, 4.69) is 16.4 Å². The Kier molecular flexibility index (Phi) is 4.35. The van der Waals surface area contributed by atoms with E-state index < -0.39 is 17.2 Å². The summed E-state index contributed by atoms with van der Waals surface area (Å²) in [6, 6.07) is 5.14. The molecule has 0 unspecified atom stereocenters. The molecule has 3 aromatic heterocycles. The molecule has 28 heavy (non-hydrogen) atoms. The lowest BCUT2D eigenvalue weighted by Crippen LogP contribution is -2.37. The number of carbonyl (C=O) groups excluding carboxylic acids is 1. The van der Waals surface area contributed by atoms with Gasteiger partial charge in [-0.25, -0.2) is 9.78 Å². The molecule has 3 aromatic rings. The number of thiophene rings is 1. The van der Waals surface area contributed by atoms with Crippen molar-refractivity contribution in [2.75, 3.05) is 5.32 Å². The van der Waals surface area contributed by atoms with E-state index in [0.717, 1.165) is 40.7 Å². The molecule has 0 aliphatic heterocycles. The van der Waals surface area contributed by atoms with E-state index in [1.54, 1.807) is 0 Å². The summed E-state index contributed by atoms with van der Waals surface area (Å²) in [6.07, 6.45) is 3.90. The molecule has 4 rings (SSSR count). The lowest BCUT2D eigenvalue weighted by Gasteiger charge is -2.09. The van der Waals surface area contributed by atoms with E-state index in [0.29, 0.717) is 10.6 Å². The molecule has 3 heterocycles. The number of pyridine rings is 1. The maximum absolute atomic E-state index is 12.7. The largest absolute Gasteiger partial charge is 0.332 e. The highest BCUT2D eigenvalue weighted by atomic mass is 32.1. The molecule has 0 saturated heterocycles. The number of amides is 1. The molecule has 0 saturated carbocycles. The second-order valence-electron chi connectivity index (χ2n) is 6.75. The number of hydrogen-bond acceptors (Lipinski definition) is 6. The van der Waals surface area contributed by atoms with E-state index in [9.17, 15) is 19.6 Å². The van der Waals surface area contributed by atoms with Crippen LogP contribution >= 0.6 is 11.3 Å². The van der Waals surface area contributed by atoms with E-state index in [1.807, 2.05) is 0 Å². The Hall–Kier alpha value is -3.25. The summed E-state index contributed by atoms with van der Waals surface area (Å²) in [5.41, 5.74) is 0.801. The van der Waals surface area contributed by atoms with Crippen LogP contribution in [0.2, 0.25) is 0 Å². The zero-order chi connectivity index (χ0) is 20.0. The van der Waals surface area contributed by atoms with Gasteiger partial charge in [0.25, 0.3) is 11.5 Å². The van der Waals surface area contributed by atoms with Crippen LogP contribution in [0, 0.1) is 11.3 Å². The number of nitrogens with one attached hydrogen (secondary N) is 1. The molecule has 0 radical (unpaired) electrons. The van der Waals surface area contributed by atoms with Gasteiger partial charge in [0.15, 0.2) is 0 Å². The monoisotopic (exact) mass is 395 g/mol. The molecule has 1 aliphatic rings. The number of aromatic nitrogens is 3. The van der Waals surface area contributed by atoms with Gasteiger partial charge in [0.2, 0.25) is 0 Å². The predicted octanol–water partition coefficient (Wildman–Crippen LogP) is 1.70. The van der Waals surface area contributed by atoms with Gasteiger partial charge in [-0.15, -0.1) is 11.3 Å². The van der Waals surface area contributed by atoms with Crippen molar-refractivity contribution in [3.8, 4) is 6.07 Å². The first kappa shape index (κ1) is 18.1. The van der Waals surface area contributed by atoms with Gasteiger partial charge >= 0.3 is 5.69 Å². The van der Waals surface area contributed by atoms with Gasteiger partial charge in [-0.3, -0.25) is 18.7 Å². The molecule has 1 aliphatic carbocycles. The third-order valence-electron chi connectivity index (χ3n) is 5.04. The fourth-order valence-electron chi connectivity index (χ4n) is 3.52. The molecule has 0 spiro atoms. The molecule has 9 heteroatoms. The van der Waals surface area contributed by atoms with Crippen molar-refractivity contribution in [2.45, 2.75) is 25.7 Å². The summed E-state index contributed by atoms with van der Waals surface area (Å²) < 4.78 is 2.23. The van der Waals surface area contributed by atoms with E-state index in [4.69, 9.17) is 0 Å². The van der Waals surface area contributed by atoms with Crippen LogP contribution in [0.3, 0.4) is 0 Å². The van der Waals surface area contributed by atoms with Crippen molar-refractivity contribution >= 4 is 33.3 Å². The molecule has 0 aromatic carbocycles. The van der Waals surface area contributed by atoms with Crippen molar-refractivity contribution in [2.24, 2.45) is 14.1 Å². The summed E-state index contributed by atoms with van der Waals surface area (Å²) in [4.78, 5) is 42.5. The molecule has 142 valence electrons. The molecular formula is C19H17N5O3S. The smallest absolute Gasteiger partial charge is 0.311 e. The second-order valence-corrected chi connectivity index (χ2v) is 7.86. The zero-order valence-corrected chi connectivity index (χ0v) is 16.2. The normalized spacial score (nSPS) is 13.2. The van der Waals surface area contributed by atoms with E-state index in [-0.39, 0.29) is 16.7 Å². The van der Waals surface area contributed by atoms with Crippen LogP contribution in [0.25, 0.3) is 11.0 Å². The maximum Gasteiger partial charge on any atom is 0.332 e. The minimum atomic E-state index is -0.514. The van der Waals surface area contributed by atoms with Crippen molar-refractivity contribution in [1.82, 2.24) is 14.1 Å². The SMILES string of the molecule is Cn1c(=O)c2ccc(C(=O)Nc3sc4c(c3C#N)CCCC4)nc2n(C)c1=O. The lowest BCUT2D eigenvalue weighted by molar-refractivity contribution is 0.102. The first-order valence-electron chi connectivity index (χ1n) is 8.85. The Morgan fingerprint density at radius 2 is 1.96 bits per heavy atom. The van der Waals surface area contributed by atoms with Crippen LogP contribution in [-0.4, -0.2) is 20.0 Å². The van der Waals surface area contributed by atoms with E-state index >= 15 is 0 Å². The Bertz CT molecular complexity index is 1290. The summed E-state index contributed by atoms with van der Waals surface area (Å²) in [5.74, 6) is -0.481. The third kappa shape index (κ3) is 2.73. The van der Waals surface area contributed by atoms with Gasteiger partial charge in [-0.05, 0) is 43.4 Å². The average Bonchev–Trinajstić information content (AvgIpc) is 3.07. The molecule has 1 amide bonds. The van der Waals surface area contributed by atoms with Gasteiger partial charge in [-0.1, -0.05) is 0 Å². The fourth-order valence-corrected chi connectivity index (χ4v) is 4.75. The first-order chi connectivity index (χ1) is 13.4. The van der Waals surface area contributed by atoms with Gasteiger partial charge in [0.05, 0.1) is 10.9 Å². The molecule has 8 nitrogen and oxygen atoms in total. The Balaban J connectivity index is 1.75. The van der Waals surface area contributed by atoms with Crippen molar-refractivity contribution in [3.63, 3.8) is 0 Å². The number of hydrogen-bond donors (Lipinski definition) is 1. The first-order valence-corrected chi connectivity index (χ1v) is 9.66. The fraction of sp³-hybridized carbons (Fsp3) is 0.316. The van der Waals surface area contributed by atoms with Crippen LogP contribution in [-0.2, 0) is 26.9 Å². The molecular weight excluding hydrogens is 378 g/mol. The van der Waals surface area contributed by atoms with Gasteiger partial charge in [0.1, 0.15) is 22.4 Å². The zero-order valence-electron chi connectivity index (χ0n) is 15.4. The van der Waals surface area contributed by atoms with Crippen LogP contribution in [0.5, 0.6) is 0 Å². The van der Waals surface area contributed by atoms with Gasteiger partial charge in [0, 0.05) is 19.0 Å². The van der Waals surface area contributed by atoms with Crippen LogP contribution in [0.15, 0.2) is 21.7 Å². The number of nitrogens with zero attached hydrogens (tertiary/aromatic N) is 4. The molecule has 0 bridgehead atoms. The highest BCUT2D eigenvalue weighted by molar-refractivity contribution is 7.16. The van der Waals surface area contributed by atoms with Gasteiger partial charge in [-0.2, -0.15) is 5.26 Å². The lowest BCUT2D eigenvalue weighted by atomic mass is 9.96. The number of fused-ring (bicyclic) bond motifs is 2. The number of nitriles is 1. The number of aryl methyl sites for hydroxylation is 2. The topological polar surface area (TPSA) is 110 Å². The van der Waals surface area contributed by atoms with Gasteiger partial charge < -0.3 is 5.32 Å². The second kappa shape index (κ2) is 6.73. The number of anilines is 1. The highest BCUT2D eigenvalue weighted by Crippen LogP contribution is 2.37. The molecule has 0 fully saturated rings. The summed E-state index contributed by atoms with van der Waals surface area (Å²) in [6.45, 7) is 0. The maximum atomic E-state index is 12.7. The van der Waals surface area contributed by atoms with Crippen LogP contribution in [0.1, 0.15) is 39.3 Å². The minimum Gasteiger partial charge on any atom is -0.311 e.